The minimum atomic E-state index is 0.105. The Bertz CT molecular complexity index is 845. The molecule has 154 valence electrons. The van der Waals surface area contributed by atoms with Gasteiger partial charge >= 0.3 is 0 Å². The molecule has 1 N–H and O–H groups in total. The maximum absolute atomic E-state index is 12.5. The first-order valence-corrected chi connectivity index (χ1v) is 10.9. The second kappa shape index (κ2) is 8.44. The van der Waals surface area contributed by atoms with Crippen LogP contribution in [-0.4, -0.2) is 30.0 Å². The molecular weight excluding hydrogens is 360 g/mol. The number of aromatic nitrogens is 1. The molecule has 5 nitrogen and oxygen atoms in total. The van der Waals surface area contributed by atoms with Crippen molar-refractivity contribution in [3.63, 3.8) is 0 Å². The van der Waals surface area contributed by atoms with Crippen LogP contribution in [0.2, 0.25) is 0 Å². The third kappa shape index (κ3) is 3.96. The number of nitrogens with zero attached hydrogens (tertiary/aromatic N) is 3. The summed E-state index contributed by atoms with van der Waals surface area (Å²) in [4.78, 5) is 21.2. The fraction of sp³-hybridized carbons (Fsp3) is 0.500. The standard InChI is InChI=1S/C24H32N4O/c1-17-18(2)28(19(3)29)23-11-10-21(27-13-6-4-5-7-14-27)15-22(23)24(17)26-20-9-8-12-25-16-20/h8-12,15-18,24,26H,4-7,13-14H2,1-3H3/t17-,18-,24+/m0/s1. The van der Waals surface area contributed by atoms with Gasteiger partial charge in [-0.1, -0.05) is 19.8 Å². The second-order valence-electron chi connectivity index (χ2n) is 8.50. The Kier molecular flexibility index (Phi) is 5.74. The molecular formula is C24H32N4O. The number of carbonyl (C=O) groups is 1. The molecule has 0 bridgehead atoms. The van der Waals surface area contributed by atoms with E-state index in [9.17, 15) is 4.79 Å². The first-order chi connectivity index (χ1) is 14.1. The van der Waals surface area contributed by atoms with Crippen molar-refractivity contribution in [3.8, 4) is 0 Å². The van der Waals surface area contributed by atoms with E-state index in [-0.39, 0.29) is 23.9 Å². The second-order valence-corrected chi connectivity index (χ2v) is 8.50. The van der Waals surface area contributed by atoms with Crippen molar-refractivity contribution >= 4 is 23.0 Å². The van der Waals surface area contributed by atoms with Gasteiger partial charge in [0.2, 0.25) is 5.91 Å². The van der Waals surface area contributed by atoms with Crippen LogP contribution in [0.15, 0.2) is 42.7 Å². The number of pyridine rings is 1. The van der Waals surface area contributed by atoms with Crippen molar-refractivity contribution in [1.29, 1.82) is 0 Å². The van der Waals surface area contributed by atoms with Gasteiger partial charge in [-0.2, -0.15) is 0 Å². The number of fused-ring (bicyclic) bond motifs is 1. The van der Waals surface area contributed by atoms with Gasteiger partial charge in [-0.3, -0.25) is 9.78 Å². The van der Waals surface area contributed by atoms with Crippen LogP contribution in [0.1, 0.15) is 58.1 Å². The SMILES string of the molecule is CC(=O)N1c2ccc(N3CCCCCC3)cc2[C@H](Nc2cccnc2)[C@@H](C)[C@@H]1C. The van der Waals surface area contributed by atoms with Gasteiger partial charge in [0.25, 0.3) is 0 Å². The zero-order chi connectivity index (χ0) is 20.4. The molecule has 1 aromatic carbocycles. The van der Waals surface area contributed by atoms with Gasteiger partial charge in [0, 0.05) is 61.3 Å². The lowest BCUT2D eigenvalue weighted by Gasteiger charge is -2.44. The molecule has 0 spiro atoms. The van der Waals surface area contributed by atoms with Crippen LogP contribution in [0.4, 0.5) is 17.1 Å². The molecule has 0 unspecified atom stereocenters. The molecule has 4 rings (SSSR count). The molecule has 3 atom stereocenters. The van der Waals surface area contributed by atoms with E-state index in [0.717, 1.165) is 24.5 Å². The minimum absolute atomic E-state index is 0.105. The van der Waals surface area contributed by atoms with Gasteiger partial charge in [-0.15, -0.1) is 0 Å². The number of rotatable bonds is 3. The van der Waals surface area contributed by atoms with Gasteiger partial charge in [0.1, 0.15) is 0 Å². The Morgan fingerprint density at radius 1 is 1.10 bits per heavy atom. The normalized spacial score (nSPS) is 24.6. The molecule has 2 aliphatic rings. The van der Waals surface area contributed by atoms with Gasteiger partial charge in [-0.05, 0) is 50.1 Å². The summed E-state index contributed by atoms with van der Waals surface area (Å²) in [5.41, 5.74) is 4.52. The maximum atomic E-state index is 12.5. The summed E-state index contributed by atoms with van der Waals surface area (Å²) in [5.74, 6) is 0.374. The average Bonchev–Trinajstić information content (AvgIpc) is 3.01. The fourth-order valence-electron chi connectivity index (χ4n) is 4.85. The Balaban J connectivity index is 1.75. The topological polar surface area (TPSA) is 48.5 Å². The number of anilines is 3. The molecule has 2 aromatic rings. The summed E-state index contributed by atoms with van der Waals surface area (Å²) in [7, 11) is 0. The summed E-state index contributed by atoms with van der Waals surface area (Å²) in [6.45, 7) is 8.28. The summed E-state index contributed by atoms with van der Waals surface area (Å²) in [6.07, 6.45) is 8.80. The third-order valence-corrected chi connectivity index (χ3v) is 6.59. The van der Waals surface area contributed by atoms with Crippen LogP contribution in [-0.2, 0) is 4.79 Å². The van der Waals surface area contributed by atoms with Crippen molar-refractivity contribution in [2.24, 2.45) is 5.92 Å². The highest BCUT2D eigenvalue weighted by atomic mass is 16.2. The Hall–Kier alpha value is -2.56. The lowest BCUT2D eigenvalue weighted by molar-refractivity contribution is -0.117. The number of carbonyl (C=O) groups excluding carboxylic acids is 1. The fourth-order valence-corrected chi connectivity index (χ4v) is 4.85. The lowest BCUT2D eigenvalue weighted by Crippen LogP contribution is -2.48. The van der Waals surface area contributed by atoms with E-state index in [2.05, 4.69) is 53.3 Å². The molecule has 5 heteroatoms. The van der Waals surface area contributed by atoms with E-state index in [0.29, 0.717) is 0 Å². The van der Waals surface area contributed by atoms with E-state index in [1.54, 1.807) is 13.1 Å². The van der Waals surface area contributed by atoms with E-state index >= 15 is 0 Å². The van der Waals surface area contributed by atoms with Gasteiger partial charge in [-0.25, -0.2) is 0 Å². The van der Waals surface area contributed by atoms with Crippen molar-refractivity contribution in [2.75, 3.05) is 28.2 Å². The summed E-state index contributed by atoms with van der Waals surface area (Å²) in [5, 5.41) is 3.70. The molecule has 1 aromatic heterocycles. The van der Waals surface area contributed by atoms with Crippen molar-refractivity contribution < 1.29 is 4.79 Å². The summed E-state index contributed by atoms with van der Waals surface area (Å²) < 4.78 is 0. The highest BCUT2D eigenvalue weighted by Gasteiger charge is 2.38. The van der Waals surface area contributed by atoms with E-state index in [4.69, 9.17) is 0 Å². The van der Waals surface area contributed by atoms with Crippen LogP contribution in [0.3, 0.4) is 0 Å². The predicted molar refractivity (Wildman–Crippen MR) is 120 cm³/mol. The van der Waals surface area contributed by atoms with E-state index < -0.39 is 0 Å². The van der Waals surface area contributed by atoms with Crippen molar-refractivity contribution in [3.05, 3.63) is 48.3 Å². The zero-order valence-electron chi connectivity index (χ0n) is 17.8. The molecule has 0 radical (unpaired) electrons. The molecule has 0 saturated carbocycles. The Labute approximate surface area is 174 Å². The van der Waals surface area contributed by atoms with Crippen LogP contribution < -0.4 is 15.1 Å². The molecule has 1 saturated heterocycles. The van der Waals surface area contributed by atoms with E-state index in [1.807, 2.05) is 17.2 Å². The zero-order valence-corrected chi connectivity index (χ0v) is 17.8. The number of benzene rings is 1. The summed E-state index contributed by atoms with van der Waals surface area (Å²) >= 11 is 0. The van der Waals surface area contributed by atoms with Crippen LogP contribution in [0.25, 0.3) is 0 Å². The van der Waals surface area contributed by atoms with E-state index in [1.165, 1.54) is 36.9 Å². The quantitative estimate of drug-likeness (QED) is 0.798. The highest BCUT2D eigenvalue weighted by molar-refractivity contribution is 5.94. The molecule has 2 aliphatic heterocycles. The maximum Gasteiger partial charge on any atom is 0.224 e. The predicted octanol–water partition coefficient (Wildman–Crippen LogP) is 5.01. The van der Waals surface area contributed by atoms with Gasteiger partial charge in [0.15, 0.2) is 0 Å². The highest BCUT2D eigenvalue weighted by Crippen LogP contribution is 2.44. The number of hydrogen-bond acceptors (Lipinski definition) is 4. The number of hydrogen-bond donors (Lipinski definition) is 1. The van der Waals surface area contributed by atoms with Crippen LogP contribution in [0.5, 0.6) is 0 Å². The van der Waals surface area contributed by atoms with Crippen molar-refractivity contribution in [1.82, 2.24) is 4.98 Å². The number of amides is 1. The average molecular weight is 393 g/mol. The minimum Gasteiger partial charge on any atom is -0.377 e. The molecule has 1 fully saturated rings. The first kappa shape index (κ1) is 19.7. The number of nitrogens with one attached hydrogen (secondary N) is 1. The monoisotopic (exact) mass is 392 g/mol. The van der Waals surface area contributed by atoms with Gasteiger partial charge in [0.05, 0.1) is 11.7 Å². The molecule has 29 heavy (non-hydrogen) atoms. The first-order valence-electron chi connectivity index (χ1n) is 10.9. The summed E-state index contributed by atoms with van der Waals surface area (Å²) in [6, 6.07) is 10.9. The lowest BCUT2D eigenvalue weighted by atomic mass is 9.82. The Morgan fingerprint density at radius 2 is 1.86 bits per heavy atom. The van der Waals surface area contributed by atoms with Crippen LogP contribution in [0, 0.1) is 5.92 Å². The third-order valence-electron chi connectivity index (χ3n) is 6.59. The van der Waals surface area contributed by atoms with Crippen molar-refractivity contribution in [2.45, 2.75) is 58.5 Å². The van der Waals surface area contributed by atoms with Crippen LogP contribution >= 0.6 is 0 Å². The largest absolute Gasteiger partial charge is 0.377 e. The molecule has 0 aliphatic carbocycles. The molecule has 1 amide bonds. The Morgan fingerprint density at radius 3 is 2.52 bits per heavy atom. The van der Waals surface area contributed by atoms with Gasteiger partial charge < -0.3 is 15.1 Å². The molecule has 3 heterocycles. The smallest absolute Gasteiger partial charge is 0.224 e.